The van der Waals surface area contributed by atoms with Gasteiger partial charge in [-0.25, -0.2) is 9.79 Å². The van der Waals surface area contributed by atoms with Crippen LogP contribution in [0.5, 0.6) is 11.5 Å². The molecule has 1 aromatic carbocycles. The predicted octanol–water partition coefficient (Wildman–Crippen LogP) is 2.02. The summed E-state index contributed by atoms with van der Waals surface area (Å²) in [6.45, 7) is 1.63. The summed E-state index contributed by atoms with van der Waals surface area (Å²) in [6, 6.07) is 5.32. The van der Waals surface area contributed by atoms with Crippen molar-refractivity contribution in [2.24, 2.45) is 4.99 Å². The first-order valence-electron chi connectivity index (χ1n) is 5.35. The van der Waals surface area contributed by atoms with Gasteiger partial charge in [0.1, 0.15) is 11.5 Å². The fraction of sp³-hybridized carbons (Fsp3) is 0.231. The molecular formula is C13H13NO4. The summed E-state index contributed by atoms with van der Waals surface area (Å²) in [5, 5.41) is 0. The third kappa shape index (κ3) is 2.34. The lowest BCUT2D eigenvalue weighted by Gasteiger charge is -2.07. The molecule has 94 valence electrons. The first-order valence-corrected chi connectivity index (χ1v) is 5.35. The average Bonchev–Trinajstić information content (AvgIpc) is 2.68. The third-order valence-electron chi connectivity index (χ3n) is 2.46. The Morgan fingerprint density at radius 3 is 2.61 bits per heavy atom. The fourth-order valence-electron chi connectivity index (χ4n) is 1.60. The van der Waals surface area contributed by atoms with Gasteiger partial charge >= 0.3 is 5.97 Å². The Balaban J connectivity index is 2.40. The molecule has 0 radical (unpaired) electrons. The van der Waals surface area contributed by atoms with E-state index in [0.717, 1.165) is 5.56 Å². The summed E-state index contributed by atoms with van der Waals surface area (Å²) in [4.78, 5) is 15.4. The lowest BCUT2D eigenvalue weighted by atomic mass is 10.1. The van der Waals surface area contributed by atoms with Crippen LogP contribution in [0.25, 0.3) is 6.08 Å². The standard InChI is InChI=1S/C13H13NO4/c1-8-14-11(13(15)18-8)6-9-4-5-10(16-2)7-12(9)17-3/h4-7H,1-3H3/b11-6-. The summed E-state index contributed by atoms with van der Waals surface area (Å²) in [5.74, 6) is 1.18. The molecule has 0 aliphatic carbocycles. The van der Waals surface area contributed by atoms with Gasteiger partial charge in [-0.1, -0.05) is 0 Å². The largest absolute Gasteiger partial charge is 0.497 e. The van der Waals surface area contributed by atoms with Crippen molar-refractivity contribution < 1.29 is 19.0 Å². The second-order valence-electron chi connectivity index (χ2n) is 3.66. The molecule has 0 aromatic heterocycles. The van der Waals surface area contributed by atoms with Crippen LogP contribution in [0.2, 0.25) is 0 Å². The summed E-state index contributed by atoms with van der Waals surface area (Å²) >= 11 is 0. The Kier molecular flexibility index (Phi) is 3.32. The van der Waals surface area contributed by atoms with Crippen molar-refractivity contribution in [3.8, 4) is 11.5 Å². The number of hydrogen-bond donors (Lipinski definition) is 0. The minimum Gasteiger partial charge on any atom is -0.497 e. The van der Waals surface area contributed by atoms with Gasteiger partial charge in [0, 0.05) is 18.6 Å². The van der Waals surface area contributed by atoms with E-state index in [4.69, 9.17) is 14.2 Å². The smallest absolute Gasteiger partial charge is 0.363 e. The minimum absolute atomic E-state index is 0.260. The molecule has 0 atom stereocenters. The molecule has 1 heterocycles. The molecule has 0 fully saturated rings. The number of aliphatic imine (C=N–C) groups is 1. The second kappa shape index (κ2) is 4.91. The quantitative estimate of drug-likeness (QED) is 0.605. The summed E-state index contributed by atoms with van der Waals surface area (Å²) in [7, 11) is 3.13. The highest BCUT2D eigenvalue weighted by atomic mass is 16.6. The first-order chi connectivity index (χ1) is 8.63. The monoisotopic (exact) mass is 247 g/mol. The minimum atomic E-state index is -0.453. The number of ether oxygens (including phenoxy) is 3. The van der Waals surface area contributed by atoms with Gasteiger partial charge in [-0.05, 0) is 18.2 Å². The number of nitrogens with zero attached hydrogens (tertiary/aromatic N) is 1. The highest BCUT2D eigenvalue weighted by Gasteiger charge is 2.20. The van der Waals surface area contributed by atoms with Gasteiger partial charge < -0.3 is 14.2 Å². The number of esters is 1. The van der Waals surface area contributed by atoms with E-state index in [1.54, 1.807) is 45.4 Å². The first kappa shape index (κ1) is 12.2. The number of benzene rings is 1. The van der Waals surface area contributed by atoms with E-state index in [1.165, 1.54) is 0 Å². The molecule has 0 spiro atoms. The molecule has 0 saturated heterocycles. The highest BCUT2D eigenvalue weighted by molar-refractivity contribution is 6.06. The van der Waals surface area contributed by atoms with Crippen LogP contribution in [0.1, 0.15) is 12.5 Å². The maximum absolute atomic E-state index is 11.4. The number of cyclic esters (lactones) is 1. The van der Waals surface area contributed by atoms with E-state index in [9.17, 15) is 4.79 Å². The van der Waals surface area contributed by atoms with Gasteiger partial charge in [-0.15, -0.1) is 0 Å². The van der Waals surface area contributed by atoms with E-state index in [0.29, 0.717) is 17.4 Å². The van der Waals surface area contributed by atoms with E-state index < -0.39 is 5.97 Å². The number of methoxy groups -OCH3 is 2. The lowest BCUT2D eigenvalue weighted by molar-refractivity contribution is -0.130. The number of carbonyl (C=O) groups excluding carboxylic acids is 1. The Hall–Kier alpha value is -2.30. The van der Waals surface area contributed by atoms with Gasteiger partial charge in [-0.3, -0.25) is 0 Å². The topological polar surface area (TPSA) is 57.1 Å². The summed E-state index contributed by atoms with van der Waals surface area (Å²) in [6.07, 6.45) is 1.62. The van der Waals surface area contributed by atoms with Gasteiger partial charge in [0.25, 0.3) is 0 Å². The maximum atomic E-state index is 11.4. The SMILES string of the molecule is COc1ccc(/C=C2\N=C(C)OC2=O)c(OC)c1. The second-order valence-corrected chi connectivity index (χ2v) is 3.66. The average molecular weight is 247 g/mol. The molecule has 1 aliphatic heterocycles. The number of carbonyl (C=O) groups is 1. The third-order valence-corrected chi connectivity index (χ3v) is 2.46. The van der Waals surface area contributed by atoms with Gasteiger partial charge in [0.05, 0.1) is 14.2 Å². The zero-order valence-electron chi connectivity index (χ0n) is 10.4. The van der Waals surface area contributed by atoms with Crippen LogP contribution < -0.4 is 9.47 Å². The predicted molar refractivity (Wildman–Crippen MR) is 66.7 cm³/mol. The van der Waals surface area contributed by atoms with Crippen LogP contribution in [0.15, 0.2) is 28.9 Å². The Morgan fingerprint density at radius 2 is 2.06 bits per heavy atom. The molecule has 0 bridgehead atoms. The van der Waals surface area contributed by atoms with Crippen molar-refractivity contribution >= 4 is 17.9 Å². The normalized spacial score (nSPS) is 16.5. The van der Waals surface area contributed by atoms with Gasteiger partial charge in [0.2, 0.25) is 0 Å². The van der Waals surface area contributed by atoms with Gasteiger partial charge in [0.15, 0.2) is 11.6 Å². The fourth-order valence-corrected chi connectivity index (χ4v) is 1.60. The summed E-state index contributed by atoms with van der Waals surface area (Å²) in [5.41, 5.74) is 1.000. The van der Waals surface area contributed by atoms with Crippen LogP contribution >= 0.6 is 0 Å². The maximum Gasteiger partial charge on any atom is 0.363 e. The lowest BCUT2D eigenvalue weighted by Crippen LogP contribution is -2.00. The van der Waals surface area contributed by atoms with Crippen LogP contribution in [-0.4, -0.2) is 26.1 Å². The molecular weight excluding hydrogens is 234 g/mol. The molecule has 1 aromatic rings. The molecule has 5 nitrogen and oxygen atoms in total. The molecule has 0 N–H and O–H groups in total. The van der Waals surface area contributed by atoms with Crippen LogP contribution in [0.4, 0.5) is 0 Å². The van der Waals surface area contributed by atoms with E-state index in [1.807, 2.05) is 0 Å². The van der Waals surface area contributed by atoms with E-state index >= 15 is 0 Å². The van der Waals surface area contributed by atoms with E-state index in [2.05, 4.69) is 4.99 Å². The number of hydrogen-bond acceptors (Lipinski definition) is 5. The van der Waals surface area contributed by atoms with Crippen molar-refractivity contribution in [1.82, 2.24) is 0 Å². The zero-order chi connectivity index (χ0) is 13.1. The van der Waals surface area contributed by atoms with Crippen LogP contribution in [0.3, 0.4) is 0 Å². The number of rotatable bonds is 3. The van der Waals surface area contributed by atoms with Crippen molar-refractivity contribution in [3.05, 3.63) is 29.5 Å². The molecule has 18 heavy (non-hydrogen) atoms. The van der Waals surface area contributed by atoms with Crippen molar-refractivity contribution in [1.29, 1.82) is 0 Å². The Bertz CT molecular complexity index is 546. The zero-order valence-corrected chi connectivity index (χ0v) is 10.4. The highest BCUT2D eigenvalue weighted by Crippen LogP contribution is 2.27. The molecule has 2 rings (SSSR count). The molecule has 0 unspecified atom stereocenters. The van der Waals surface area contributed by atoms with Crippen molar-refractivity contribution in [2.45, 2.75) is 6.92 Å². The molecule has 0 saturated carbocycles. The molecule has 0 amide bonds. The Labute approximate surface area is 105 Å². The molecule has 1 aliphatic rings. The van der Waals surface area contributed by atoms with Crippen molar-refractivity contribution in [2.75, 3.05) is 14.2 Å². The molecule has 5 heteroatoms. The Morgan fingerprint density at radius 1 is 1.28 bits per heavy atom. The van der Waals surface area contributed by atoms with Crippen molar-refractivity contribution in [3.63, 3.8) is 0 Å². The van der Waals surface area contributed by atoms with E-state index in [-0.39, 0.29) is 5.70 Å². The van der Waals surface area contributed by atoms with Crippen LogP contribution in [0, 0.1) is 0 Å². The summed E-state index contributed by atoms with van der Waals surface area (Å²) < 4.78 is 15.2. The van der Waals surface area contributed by atoms with Crippen LogP contribution in [-0.2, 0) is 9.53 Å². The van der Waals surface area contributed by atoms with Gasteiger partial charge in [-0.2, -0.15) is 0 Å².